The van der Waals surface area contributed by atoms with Crippen LogP contribution in [0.1, 0.15) is 25.5 Å². The fraction of sp³-hybridized carbons (Fsp3) is 0.500. The molecule has 1 N–H and O–H groups in total. The molecule has 0 saturated heterocycles. The van der Waals surface area contributed by atoms with Gasteiger partial charge in [0, 0.05) is 11.6 Å². The SMILES string of the molecule is CCOc1ccc(C(O)C(F)(F)F)c(OCC)c1. The second-order valence-electron chi connectivity index (χ2n) is 3.51. The predicted molar refractivity (Wildman–Crippen MR) is 59.8 cm³/mol. The van der Waals surface area contributed by atoms with Gasteiger partial charge < -0.3 is 14.6 Å². The number of rotatable bonds is 5. The molecule has 1 rings (SSSR count). The van der Waals surface area contributed by atoms with Crippen molar-refractivity contribution >= 4 is 0 Å². The van der Waals surface area contributed by atoms with Crippen molar-refractivity contribution in [2.45, 2.75) is 26.1 Å². The first-order valence-corrected chi connectivity index (χ1v) is 5.54. The molecule has 0 aliphatic heterocycles. The molecular formula is C12H15F3O3. The molecule has 1 aromatic rings. The second-order valence-corrected chi connectivity index (χ2v) is 3.51. The highest BCUT2D eigenvalue weighted by molar-refractivity contribution is 5.42. The van der Waals surface area contributed by atoms with E-state index >= 15 is 0 Å². The van der Waals surface area contributed by atoms with Gasteiger partial charge in [-0.1, -0.05) is 0 Å². The summed E-state index contributed by atoms with van der Waals surface area (Å²) in [5.41, 5.74) is -0.312. The molecule has 6 heteroatoms. The Morgan fingerprint density at radius 1 is 1.17 bits per heavy atom. The lowest BCUT2D eigenvalue weighted by atomic mass is 10.1. The van der Waals surface area contributed by atoms with E-state index in [1.54, 1.807) is 13.8 Å². The molecule has 18 heavy (non-hydrogen) atoms. The molecule has 0 radical (unpaired) electrons. The van der Waals surface area contributed by atoms with E-state index in [1.165, 1.54) is 12.1 Å². The average molecular weight is 264 g/mol. The van der Waals surface area contributed by atoms with Gasteiger partial charge >= 0.3 is 6.18 Å². The van der Waals surface area contributed by atoms with Crippen LogP contribution in [-0.4, -0.2) is 24.5 Å². The first kappa shape index (κ1) is 14.6. The van der Waals surface area contributed by atoms with Crippen molar-refractivity contribution in [1.29, 1.82) is 0 Å². The van der Waals surface area contributed by atoms with Crippen LogP contribution in [0, 0.1) is 0 Å². The lowest BCUT2D eigenvalue weighted by Gasteiger charge is -2.19. The maximum absolute atomic E-state index is 12.5. The van der Waals surface area contributed by atoms with E-state index in [1.807, 2.05) is 0 Å². The number of benzene rings is 1. The monoisotopic (exact) mass is 264 g/mol. The Morgan fingerprint density at radius 2 is 1.78 bits per heavy atom. The van der Waals surface area contributed by atoms with Crippen LogP contribution in [0.4, 0.5) is 13.2 Å². The number of hydrogen-bond donors (Lipinski definition) is 1. The number of aliphatic hydroxyl groups excluding tert-OH is 1. The summed E-state index contributed by atoms with van der Waals surface area (Å²) in [7, 11) is 0. The van der Waals surface area contributed by atoms with Crippen molar-refractivity contribution < 1.29 is 27.8 Å². The topological polar surface area (TPSA) is 38.7 Å². The standard InChI is InChI=1S/C12H15F3O3/c1-3-17-8-5-6-9(10(7-8)18-4-2)11(16)12(13,14)15/h5-7,11,16H,3-4H2,1-2H3. The first-order chi connectivity index (χ1) is 8.40. The van der Waals surface area contributed by atoms with Crippen LogP contribution in [0.3, 0.4) is 0 Å². The van der Waals surface area contributed by atoms with Crippen LogP contribution in [0.15, 0.2) is 18.2 Å². The highest BCUT2D eigenvalue weighted by Gasteiger charge is 2.41. The lowest BCUT2D eigenvalue weighted by molar-refractivity contribution is -0.207. The fourth-order valence-corrected chi connectivity index (χ4v) is 1.45. The largest absolute Gasteiger partial charge is 0.494 e. The zero-order chi connectivity index (χ0) is 13.8. The van der Waals surface area contributed by atoms with Gasteiger partial charge in [0.05, 0.1) is 13.2 Å². The van der Waals surface area contributed by atoms with Gasteiger partial charge in [-0.2, -0.15) is 13.2 Å². The van der Waals surface area contributed by atoms with Crippen molar-refractivity contribution in [1.82, 2.24) is 0 Å². The van der Waals surface area contributed by atoms with Crippen LogP contribution in [0.2, 0.25) is 0 Å². The van der Waals surface area contributed by atoms with Gasteiger partial charge in [0.15, 0.2) is 6.10 Å². The average Bonchev–Trinajstić information content (AvgIpc) is 2.28. The van der Waals surface area contributed by atoms with Crippen LogP contribution in [0.5, 0.6) is 11.5 Å². The van der Waals surface area contributed by atoms with Gasteiger partial charge in [-0.25, -0.2) is 0 Å². The second kappa shape index (κ2) is 5.95. The predicted octanol–water partition coefficient (Wildman–Crippen LogP) is 3.08. The third-order valence-electron chi connectivity index (χ3n) is 2.20. The van der Waals surface area contributed by atoms with E-state index < -0.39 is 12.3 Å². The number of ether oxygens (including phenoxy) is 2. The third-order valence-corrected chi connectivity index (χ3v) is 2.20. The van der Waals surface area contributed by atoms with Gasteiger partial charge in [0.2, 0.25) is 0 Å². The van der Waals surface area contributed by atoms with E-state index in [2.05, 4.69) is 0 Å². The number of alkyl halides is 3. The van der Waals surface area contributed by atoms with Crippen molar-refractivity contribution in [2.24, 2.45) is 0 Å². The molecule has 1 aromatic carbocycles. The van der Waals surface area contributed by atoms with E-state index in [0.717, 1.165) is 6.07 Å². The molecule has 1 atom stereocenters. The molecule has 0 aliphatic carbocycles. The van der Waals surface area contributed by atoms with Gasteiger partial charge in [0.1, 0.15) is 11.5 Å². The Bertz CT molecular complexity index is 391. The molecule has 102 valence electrons. The molecule has 0 aliphatic rings. The highest BCUT2D eigenvalue weighted by atomic mass is 19.4. The molecule has 0 saturated carbocycles. The molecule has 0 fully saturated rings. The molecular weight excluding hydrogens is 249 g/mol. The van der Waals surface area contributed by atoms with Gasteiger partial charge in [-0.3, -0.25) is 0 Å². The summed E-state index contributed by atoms with van der Waals surface area (Å²) in [5.74, 6) is 0.382. The summed E-state index contributed by atoms with van der Waals surface area (Å²) < 4.78 is 47.7. The van der Waals surface area contributed by atoms with E-state index in [0.29, 0.717) is 12.4 Å². The first-order valence-electron chi connectivity index (χ1n) is 5.54. The van der Waals surface area contributed by atoms with E-state index in [4.69, 9.17) is 9.47 Å². The van der Waals surface area contributed by atoms with Crippen LogP contribution < -0.4 is 9.47 Å². The van der Waals surface area contributed by atoms with Gasteiger partial charge in [-0.15, -0.1) is 0 Å². The Balaban J connectivity index is 3.10. The highest BCUT2D eigenvalue weighted by Crippen LogP contribution is 2.38. The lowest BCUT2D eigenvalue weighted by Crippen LogP contribution is -2.21. The van der Waals surface area contributed by atoms with Crippen molar-refractivity contribution in [3.63, 3.8) is 0 Å². The summed E-state index contributed by atoms with van der Waals surface area (Å²) in [5, 5.41) is 9.24. The van der Waals surface area contributed by atoms with Crippen LogP contribution in [0.25, 0.3) is 0 Å². The molecule has 0 amide bonds. The van der Waals surface area contributed by atoms with Crippen molar-refractivity contribution in [2.75, 3.05) is 13.2 Å². The summed E-state index contributed by atoms with van der Waals surface area (Å²) in [6, 6.07) is 3.88. The van der Waals surface area contributed by atoms with E-state index in [9.17, 15) is 18.3 Å². The Hall–Kier alpha value is -1.43. The number of hydrogen-bond acceptors (Lipinski definition) is 3. The minimum atomic E-state index is -4.72. The molecule has 0 bridgehead atoms. The maximum atomic E-state index is 12.5. The Labute approximate surface area is 103 Å². The van der Waals surface area contributed by atoms with Crippen LogP contribution in [-0.2, 0) is 0 Å². The van der Waals surface area contributed by atoms with Crippen LogP contribution >= 0.6 is 0 Å². The number of aliphatic hydroxyl groups is 1. The fourth-order valence-electron chi connectivity index (χ4n) is 1.45. The summed E-state index contributed by atoms with van der Waals surface area (Å²) in [6.45, 7) is 4.01. The van der Waals surface area contributed by atoms with Gasteiger partial charge in [0.25, 0.3) is 0 Å². The number of halogens is 3. The molecule has 0 spiro atoms. The van der Waals surface area contributed by atoms with Gasteiger partial charge in [-0.05, 0) is 26.0 Å². The maximum Gasteiger partial charge on any atom is 0.418 e. The molecule has 0 heterocycles. The quantitative estimate of drug-likeness (QED) is 0.888. The Kier molecular flexibility index (Phi) is 4.84. The minimum absolute atomic E-state index is 0.0201. The molecule has 1 unspecified atom stereocenters. The zero-order valence-electron chi connectivity index (χ0n) is 10.1. The van der Waals surface area contributed by atoms with Crippen molar-refractivity contribution in [3.05, 3.63) is 23.8 Å². The normalized spacial score (nSPS) is 13.2. The minimum Gasteiger partial charge on any atom is -0.494 e. The summed E-state index contributed by atoms with van der Waals surface area (Å²) >= 11 is 0. The van der Waals surface area contributed by atoms with E-state index in [-0.39, 0.29) is 17.9 Å². The zero-order valence-corrected chi connectivity index (χ0v) is 10.1. The third kappa shape index (κ3) is 3.53. The summed E-state index contributed by atoms with van der Waals surface area (Å²) in [4.78, 5) is 0. The summed E-state index contributed by atoms with van der Waals surface area (Å²) in [6.07, 6.45) is -7.28. The van der Waals surface area contributed by atoms with Crippen molar-refractivity contribution in [3.8, 4) is 11.5 Å². The molecule has 0 aromatic heterocycles. The molecule has 3 nitrogen and oxygen atoms in total. The Morgan fingerprint density at radius 3 is 2.28 bits per heavy atom. The smallest absolute Gasteiger partial charge is 0.418 e.